The van der Waals surface area contributed by atoms with Gasteiger partial charge in [-0.1, -0.05) is 59.6 Å². The van der Waals surface area contributed by atoms with E-state index in [1.807, 2.05) is 36.4 Å². The summed E-state index contributed by atoms with van der Waals surface area (Å²) < 4.78 is 13.6. The lowest BCUT2D eigenvalue weighted by Gasteiger charge is -2.15. The molecule has 254 valence electrons. The van der Waals surface area contributed by atoms with Crippen LogP contribution in [-0.4, -0.2) is 59.4 Å². The van der Waals surface area contributed by atoms with Crippen molar-refractivity contribution in [2.75, 3.05) is 26.8 Å². The summed E-state index contributed by atoms with van der Waals surface area (Å²) >= 11 is 14.2. The number of halogens is 2. The van der Waals surface area contributed by atoms with Crippen molar-refractivity contribution in [1.82, 2.24) is 30.5 Å². The topological polar surface area (TPSA) is 102 Å². The highest BCUT2D eigenvalue weighted by Gasteiger charge is 2.21. The van der Waals surface area contributed by atoms with Crippen LogP contribution in [0.15, 0.2) is 67.0 Å². The number of rotatable bonds is 12. The van der Waals surface area contributed by atoms with E-state index < -0.39 is 0 Å². The number of ether oxygens (including phenoxy) is 2. The predicted molar refractivity (Wildman–Crippen MR) is 195 cm³/mol. The third-order valence-corrected chi connectivity index (χ3v) is 10.2. The summed E-state index contributed by atoms with van der Waals surface area (Å²) in [4.78, 5) is 21.0. The minimum Gasteiger partial charge on any atom is -0.481 e. The van der Waals surface area contributed by atoms with Crippen LogP contribution in [0.2, 0.25) is 10.0 Å². The van der Waals surface area contributed by atoms with E-state index >= 15 is 0 Å². The van der Waals surface area contributed by atoms with Crippen molar-refractivity contribution in [1.29, 1.82) is 0 Å². The molecule has 1 amide bonds. The zero-order chi connectivity index (χ0) is 33.9. The van der Waals surface area contributed by atoms with Gasteiger partial charge in [0.25, 0.3) is 0 Å². The Morgan fingerprint density at radius 2 is 1.80 bits per heavy atom. The molecule has 2 atom stereocenters. The van der Waals surface area contributed by atoms with Crippen LogP contribution in [0.4, 0.5) is 0 Å². The third-order valence-electron chi connectivity index (χ3n) is 9.44. The number of nitrogens with one attached hydrogen (secondary N) is 3. The molecule has 11 heteroatoms. The van der Waals surface area contributed by atoms with Crippen LogP contribution >= 0.6 is 23.2 Å². The van der Waals surface area contributed by atoms with Gasteiger partial charge in [0, 0.05) is 103 Å². The molecule has 0 unspecified atom stereocenters. The smallest absolute Gasteiger partial charge is 0.220 e. The van der Waals surface area contributed by atoms with Gasteiger partial charge in [0.1, 0.15) is 0 Å². The quantitative estimate of drug-likeness (QED) is 0.130. The van der Waals surface area contributed by atoms with Gasteiger partial charge in [-0.25, -0.2) is 4.98 Å². The van der Waals surface area contributed by atoms with Gasteiger partial charge in [0.05, 0.1) is 34.6 Å². The maximum absolute atomic E-state index is 11.5. The Bertz CT molecular complexity index is 1990. The lowest BCUT2D eigenvalue weighted by molar-refractivity contribution is -0.119. The summed E-state index contributed by atoms with van der Waals surface area (Å²) in [5.74, 6) is 0.625. The Labute approximate surface area is 296 Å². The molecule has 2 aliphatic rings. The summed E-state index contributed by atoms with van der Waals surface area (Å²) in [7, 11) is 3.68. The van der Waals surface area contributed by atoms with Crippen LogP contribution in [0.1, 0.15) is 36.8 Å². The largest absolute Gasteiger partial charge is 0.481 e. The highest BCUT2D eigenvalue weighted by atomic mass is 35.5. The van der Waals surface area contributed by atoms with Crippen LogP contribution in [0, 0.1) is 0 Å². The number of carbonyl (C=O) groups is 1. The van der Waals surface area contributed by atoms with Crippen molar-refractivity contribution in [3.05, 3.63) is 88.2 Å². The first-order valence-corrected chi connectivity index (χ1v) is 17.5. The molecule has 0 aliphatic carbocycles. The number of carbonyl (C=O) groups excluding carboxylic acids is 1. The van der Waals surface area contributed by atoms with Gasteiger partial charge in [0.2, 0.25) is 11.8 Å². The number of hydrogen-bond acceptors (Lipinski definition) is 7. The number of benzene rings is 2. The molecule has 3 N–H and O–H groups in total. The first kappa shape index (κ1) is 33.5. The van der Waals surface area contributed by atoms with E-state index in [2.05, 4.69) is 52.0 Å². The lowest BCUT2D eigenvalue weighted by Crippen LogP contribution is -2.35. The van der Waals surface area contributed by atoms with E-state index in [-0.39, 0.29) is 11.9 Å². The van der Waals surface area contributed by atoms with Crippen LogP contribution in [0.5, 0.6) is 5.88 Å². The Hall–Kier alpha value is -3.99. The summed E-state index contributed by atoms with van der Waals surface area (Å²) in [6.07, 6.45) is 7.94. The lowest BCUT2D eigenvalue weighted by atomic mass is 9.99. The zero-order valence-electron chi connectivity index (χ0n) is 27.7. The number of amides is 1. The number of nitrogens with zero attached hydrogens (tertiary/aromatic N) is 3. The molecule has 7 rings (SSSR count). The fraction of sp³-hybridized carbons (Fsp3) is 0.342. The molecule has 0 saturated carbocycles. The third kappa shape index (κ3) is 7.18. The maximum atomic E-state index is 11.5. The molecule has 2 fully saturated rings. The van der Waals surface area contributed by atoms with E-state index in [0.717, 1.165) is 72.3 Å². The highest BCUT2D eigenvalue weighted by Crippen LogP contribution is 2.42. The molecule has 5 heterocycles. The Balaban J connectivity index is 1.12. The zero-order valence-corrected chi connectivity index (χ0v) is 29.2. The van der Waals surface area contributed by atoms with Crippen LogP contribution in [0.25, 0.3) is 44.5 Å². The van der Waals surface area contributed by atoms with Crippen LogP contribution in [0.3, 0.4) is 0 Å². The minimum absolute atomic E-state index is 0.107. The van der Waals surface area contributed by atoms with Crippen molar-refractivity contribution in [2.24, 2.45) is 7.05 Å². The van der Waals surface area contributed by atoms with Gasteiger partial charge in [-0.15, -0.1) is 0 Å². The van der Waals surface area contributed by atoms with Crippen LogP contribution in [-0.2, 0) is 29.7 Å². The van der Waals surface area contributed by atoms with E-state index in [9.17, 15) is 4.79 Å². The Kier molecular flexibility index (Phi) is 10.2. The monoisotopic (exact) mass is 698 g/mol. The second-order valence-corrected chi connectivity index (χ2v) is 13.5. The van der Waals surface area contributed by atoms with E-state index in [1.54, 1.807) is 13.3 Å². The number of pyridine rings is 2. The normalized spacial score (nSPS) is 17.6. The summed E-state index contributed by atoms with van der Waals surface area (Å²) in [5, 5.41) is 12.2. The Morgan fingerprint density at radius 1 is 0.980 bits per heavy atom. The molecule has 0 bridgehead atoms. The van der Waals surface area contributed by atoms with E-state index in [1.165, 1.54) is 10.9 Å². The summed E-state index contributed by atoms with van der Waals surface area (Å²) in [6.45, 7) is 3.76. The molecular formula is C38H40Cl2N6O3. The first-order chi connectivity index (χ1) is 23.9. The standard InChI is InChI=1S/C38H40Cl2N6O3/c1-46-22-25(19-42-21-27-5-4-16-49-27)28-11-8-23(17-33(28)46)37-36(40)30(14-15-43-37)29-6-3-7-31(35(29)39)32-12-9-24(38(45-32)48-2)18-41-20-26-10-13-34(47)44-26/h3,6-9,11-12,14-15,17,22,26-27,41-42H,4-5,10,13,16,18-21H2,1-2H3,(H,44,47)/t26-,27+/m0/s1. The van der Waals surface area contributed by atoms with Crippen molar-refractivity contribution < 1.29 is 14.3 Å². The SMILES string of the molecule is COc1nc(-c2cccc(-c3ccnc(-c4ccc5c(CNC[C@H]6CCCO6)cn(C)c5c4)c3Cl)c2Cl)ccc1CNC[C@@H]1CCC(=O)N1. The molecule has 0 radical (unpaired) electrons. The predicted octanol–water partition coefficient (Wildman–Crippen LogP) is 6.92. The van der Waals surface area contributed by atoms with Gasteiger partial charge in [-0.2, -0.15) is 0 Å². The molecule has 49 heavy (non-hydrogen) atoms. The van der Waals surface area contributed by atoms with Crippen LogP contribution < -0.4 is 20.7 Å². The van der Waals surface area contributed by atoms with Crippen molar-refractivity contribution in [3.8, 4) is 39.5 Å². The maximum Gasteiger partial charge on any atom is 0.220 e. The first-order valence-electron chi connectivity index (χ1n) is 16.8. The summed E-state index contributed by atoms with van der Waals surface area (Å²) in [5.41, 5.74) is 7.93. The number of hydrogen-bond donors (Lipinski definition) is 3. The van der Waals surface area contributed by atoms with Gasteiger partial charge in [-0.3, -0.25) is 9.78 Å². The molecule has 2 saturated heterocycles. The Morgan fingerprint density at radius 3 is 2.59 bits per heavy atom. The fourth-order valence-electron chi connectivity index (χ4n) is 6.86. The molecule has 3 aromatic heterocycles. The number of methoxy groups -OCH3 is 1. The average Bonchev–Trinajstić information content (AvgIpc) is 3.86. The summed E-state index contributed by atoms with van der Waals surface area (Å²) in [6, 6.07) is 18.2. The second kappa shape index (κ2) is 14.9. The molecule has 9 nitrogen and oxygen atoms in total. The molecule has 0 spiro atoms. The molecule has 2 aliphatic heterocycles. The number of aryl methyl sites for hydroxylation is 1. The fourth-order valence-corrected chi connectivity index (χ4v) is 7.51. The highest BCUT2D eigenvalue weighted by molar-refractivity contribution is 6.39. The van der Waals surface area contributed by atoms with Gasteiger partial charge < -0.3 is 30.0 Å². The van der Waals surface area contributed by atoms with Crippen molar-refractivity contribution in [3.63, 3.8) is 0 Å². The number of fused-ring (bicyclic) bond motifs is 1. The average molecular weight is 700 g/mol. The van der Waals surface area contributed by atoms with Gasteiger partial charge >= 0.3 is 0 Å². The van der Waals surface area contributed by atoms with Gasteiger partial charge in [-0.05, 0) is 43.0 Å². The van der Waals surface area contributed by atoms with Crippen molar-refractivity contribution in [2.45, 2.75) is 50.9 Å². The van der Waals surface area contributed by atoms with Crippen molar-refractivity contribution >= 4 is 40.0 Å². The number of aromatic nitrogens is 3. The minimum atomic E-state index is 0.107. The van der Waals surface area contributed by atoms with E-state index in [0.29, 0.717) is 52.9 Å². The molecule has 2 aromatic carbocycles. The van der Waals surface area contributed by atoms with E-state index in [4.69, 9.17) is 42.6 Å². The van der Waals surface area contributed by atoms with Gasteiger partial charge in [0.15, 0.2) is 0 Å². The molecular weight excluding hydrogens is 659 g/mol. The molecule has 5 aromatic rings. The second-order valence-electron chi connectivity index (χ2n) is 12.8.